The van der Waals surface area contributed by atoms with Crippen molar-refractivity contribution in [3.63, 3.8) is 0 Å². The van der Waals surface area contributed by atoms with Gasteiger partial charge in [0.1, 0.15) is 4.60 Å². The molecule has 98 valence electrons. The first kappa shape index (κ1) is 13.5. The van der Waals surface area contributed by atoms with Gasteiger partial charge in [0.25, 0.3) is 5.91 Å². The molecule has 0 radical (unpaired) electrons. The summed E-state index contributed by atoms with van der Waals surface area (Å²) >= 11 is 3.28. The predicted octanol–water partition coefficient (Wildman–Crippen LogP) is 3.54. The van der Waals surface area contributed by atoms with Crippen LogP contribution in [0.25, 0.3) is 0 Å². The summed E-state index contributed by atoms with van der Waals surface area (Å²) in [6, 6.07) is 3.49. The normalized spacial score (nSPS) is 18.3. The first-order valence-corrected chi connectivity index (χ1v) is 7.28. The molecular formula is C14H19BrN2O. The number of hydrogen-bond donors (Lipinski definition) is 1. The number of amides is 1. The summed E-state index contributed by atoms with van der Waals surface area (Å²) in [5.41, 5.74) is 0.939. The van der Waals surface area contributed by atoms with Crippen LogP contribution in [-0.2, 0) is 0 Å². The van der Waals surface area contributed by atoms with E-state index in [1.807, 2.05) is 0 Å². The van der Waals surface area contributed by atoms with E-state index in [-0.39, 0.29) is 11.3 Å². The monoisotopic (exact) mass is 310 g/mol. The average Bonchev–Trinajstić information content (AvgIpc) is 2.37. The largest absolute Gasteiger partial charge is 0.351 e. The van der Waals surface area contributed by atoms with Crippen LogP contribution in [-0.4, -0.2) is 17.4 Å². The van der Waals surface area contributed by atoms with E-state index >= 15 is 0 Å². The lowest BCUT2D eigenvalue weighted by Crippen LogP contribution is -2.37. The number of pyridine rings is 1. The van der Waals surface area contributed by atoms with Crippen LogP contribution in [0.1, 0.15) is 49.4 Å². The van der Waals surface area contributed by atoms with E-state index in [4.69, 9.17) is 0 Å². The van der Waals surface area contributed by atoms with E-state index < -0.39 is 0 Å². The van der Waals surface area contributed by atoms with Gasteiger partial charge in [-0.25, -0.2) is 4.98 Å². The molecular weight excluding hydrogens is 292 g/mol. The summed E-state index contributed by atoms with van der Waals surface area (Å²) in [5, 5.41) is 3.05. The highest BCUT2D eigenvalue weighted by atomic mass is 79.9. The second kappa shape index (κ2) is 5.83. The lowest BCUT2D eigenvalue weighted by Gasteiger charge is -2.33. The van der Waals surface area contributed by atoms with Crippen molar-refractivity contribution in [3.8, 4) is 0 Å². The molecule has 1 amide bonds. The van der Waals surface area contributed by atoms with Crippen molar-refractivity contribution in [2.24, 2.45) is 5.41 Å². The molecule has 1 saturated carbocycles. The van der Waals surface area contributed by atoms with E-state index in [2.05, 4.69) is 33.2 Å². The number of nitrogens with one attached hydrogen (secondary N) is 1. The molecule has 0 spiro atoms. The minimum atomic E-state index is -0.00935. The molecule has 1 aromatic heterocycles. The SMILES string of the molecule is CC1(CNC(=O)c2ccnc(Br)c2)CCCCC1. The van der Waals surface area contributed by atoms with Crippen LogP contribution in [0.4, 0.5) is 0 Å². The van der Waals surface area contributed by atoms with Gasteiger partial charge >= 0.3 is 0 Å². The van der Waals surface area contributed by atoms with Gasteiger partial charge in [-0.05, 0) is 46.3 Å². The fourth-order valence-corrected chi connectivity index (χ4v) is 2.89. The van der Waals surface area contributed by atoms with Gasteiger partial charge in [-0.3, -0.25) is 4.79 Å². The highest BCUT2D eigenvalue weighted by Crippen LogP contribution is 2.34. The van der Waals surface area contributed by atoms with Gasteiger partial charge < -0.3 is 5.32 Å². The van der Waals surface area contributed by atoms with Crippen molar-refractivity contribution in [1.29, 1.82) is 0 Å². The maximum Gasteiger partial charge on any atom is 0.251 e. The summed E-state index contributed by atoms with van der Waals surface area (Å²) in [6.07, 6.45) is 7.98. The molecule has 1 aromatic rings. The quantitative estimate of drug-likeness (QED) is 0.868. The van der Waals surface area contributed by atoms with Crippen molar-refractivity contribution in [2.45, 2.75) is 39.0 Å². The minimum Gasteiger partial charge on any atom is -0.351 e. The number of aromatic nitrogens is 1. The molecule has 0 aliphatic heterocycles. The van der Waals surface area contributed by atoms with E-state index in [0.29, 0.717) is 10.2 Å². The maximum absolute atomic E-state index is 12.0. The van der Waals surface area contributed by atoms with Gasteiger partial charge in [0, 0.05) is 18.3 Å². The van der Waals surface area contributed by atoms with Crippen LogP contribution in [0.3, 0.4) is 0 Å². The summed E-state index contributed by atoms with van der Waals surface area (Å²) in [4.78, 5) is 16.0. The van der Waals surface area contributed by atoms with Crippen LogP contribution < -0.4 is 5.32 Å². The highest BCUT2D eigenvalue weighted by molar-refractivity contribution is 9.10. The Labute approximate surface area is 117 Å². The van der Waals surface area contributed by atoms with E-state index in [1.54, 1.807) is 18.3 Å². The summed E-state index contributed by atoms with van der Waals surface area (Å²) in [6.45, 7) is 3.04. The van der Waals surface area contributed by atoms with Crippen molar-refractivity contribution < 1.29 is 4.79 Å². The lowest BCUT2D eigenvalue weighted by atomic mass is 9.76. The van der Waals surface area contributed by atoms with Gasteiger partial charge in [-0.2, -0.15) is 0 Å². The molecule has 3 nitrogen and oxygen atoms in total. The first-order chi connectivity index (χ1) is 8.59. The first-order valence-electron chi connectivity index (χ1n) is 6.49. The molecule has 0 bridgehead atoms. The molecule has 2 rings (SSSR count). The fourth-order valence-electron chi connectivity index (χ4n) is 2.52. The molecule has 1 heterocycles. The second-order valence-corrected chi connectivity index (χ2v) is 6.23. The summed E-state index contributed by atoms with van der Waals surface area (Å²) < 4.78 is 0.694. The Hall–Kier alpha value is -0.900. The molecule has 0 atom stereocenters. The average molecular weight is 311 g/mol. The van der Waals surface area contributed by atoms with Crippen LogP contribution in [0.15, 0.2) is 22.9 Å². The summed E-state index contributed by atoms with van der Waals surface area (Å²) in [5.74, 6) is -0.00935. The Morgan fingerprint density at radius 2 is 2.17 bits per heavy atom. The van der Waals surface area contributed by atoms with Gasteiger partial charge in [-0.15, -0.1) is 0 Å². The molecule has 0 aromatic carbocycles. The molecule has 1 aliphatic rings. The lowest BCUT2D eigenvalue weighted by molar-refractivity contribution is 0.0919. The second-order valence-electron chi connectivity index (χ2n) is 5.42. The van der Waals surface area contributed by atoms with Gasteiger partial charge in [-0.1, -0.05) is 26.2 Å². The Morgan fingerprint density at radius 3 is 2.83 bits per heavy atom. The van der Waals surface area contributed by atoms with Crippen LogP contribution in [0.5, 0.6) is 0 Å². The Morgan fingerprint density at radius 1 is 1.44 bits per heavy atom. The topological polar surface area (TPSA) is 42.0 Å². The number of halogens is 1. The third-order valence-corrected chi connectivity index (χ3v) is 4.16. The zero-order valence-corrected chi connectivity index (χ0v) is 12.3. The molecule has 18 heavy (non-hydrogen) atoms. The van der Waals surface area contributed by atoms with Gasteiger partial charge in [0.05, 0.1) is 0 Å². The number of carbonyl (C=O) groups is 1. The number of hydrogen-bond acceptors (Lipinski definition) is 2. The number of carbonyl (C=O) groups excluding carboxylic acids is 1. The zero-order valence-electron chi connectivity index (χ0n) is 10.7. The standard InChI is InChI=1S/C14H19BrN2O/c1-14(6-3-2-4-7-14)10-17-13(18)11-5-8-16-12(15)9-11/h5,8-9H,2-4,6-7,10H2,1H3,(H,17,18). The van der Waals surface area contributed by atoms with Crippen molar-refractivity contribution >= 4 is 21.8 Å². The molecule has 4 heteroatoms. The van der Waals surface area contributed by atoms with Crippen LogP contribution >= 0.6 is 15.9 Å². The van der Waals surface area contributed by atoms with Crippen LogP contribution in [0.2, 0.25) is 0 Å². The maximum atomic E-state index is 12.0. The fraction of sp³-hybridized carbons (Fsp3) is 0.571. The minimum absolute atomic E-state index is 0.00935. The molecule has 1 fully saturated rings. The van der Waals surface area contributed by atoms with E-state index in [0.717, 1.165) is 6.54 Å². The predicted molar refractivity (Wildman–Crippen MR) is 75.5 cm³/mol. The molecule has 1 aliphatic carbocycles. The van der Waals surface area contributed by atoms with E-state index in [1.165, 1.54) is 32.1 Å². The molecule has 1 N–H and O–H groups in total. The Bertz CT molecular complexity index is 428. The smallest absolute Gasteiger partial charge is 0.251 e. The third-order valence-electron chi connectivity index (χ3n) is 3.73. The number of rotatable bonds is 3. The van der Waals surface area contributed by atoms with Crippen LogP contribution in [0, 0.1) is 5.41 Å². The van der Waals surface area contributed by atoms with Gasteiger partial charge in [0.2, 0.25) is 0 Å². The zero-order chi connectivity index (χ0) is 13.0. The van der Waals surface area contributed by atoms with Crippen molar-refractivity contribution in [1.82, 2.24) is 10.3 Å². The number of nitrogens with zero attached hydrogens (tertiary/aromatic N) is 1. The van der Waals surface area contributed by atoms with Crippen molar-refractivity contribution in [3.05, 3.63) is 28.5 Å². The Kier molecular flexibility index (Phi) is 4.38. The van der Waals surface area contributed by atoms with Crippen molar-refractivity contribution in [2.75, 3.05) is 6.54 Å². The Balaban J connectivity index is 1.92. The molecule has 0 saturated heterocycles. The third kappa shape index (κ3) is 3.55. The summed E-state index contributed by atoms with van der Waals surface area (Å²) in [7, 11) is 0. The van der Waals surface area contributed by atoms with Gasteiger partial charge in [0.15, 0.2) is 0 Å². The highest BCUT2D eigenvalue weighted by Gasteiger charge is 2.27. The van der Waals surface area contributed by atoms with E-state index in [9.17, 15) is 4.79 Å². The molecule has 0 unspecified atom stereocenters.